The third-order valence-electron chi connectivity index (χ3n) is 5.71. The van der Waals surface area contributed by atoms with E-state index < -0.39 is 0 Å². The van der Waals surface area contributed by atoms with Crippen LogP contribution in [0.15, 0.2) is 30.6 Å². The highest BCUT2D eigenvalue weighted by Crippen LogP contribution is 2.30. The molecule has 0 atom stereocenters. The Bertz CT molecular complexity index is 781. The molecule has 0 spiro atoms. The number of aromatic nitrogens is 2. The SMILES string of the molecule is O=C(CC1CN(c2cccnc2)C1)N1Cc2cc3c(nc2C1)CCC3. The van der Waals surface area contributed by atoms with Gasteiger partial charge in [-0.3, -0.25) is 14.8 Å². The number of hydrogen-bond acceptors (Lipinski definition) is 4. The Labute approximate surface area is 147 Å². The van der Waals surface area contributed by atoms with E-state index in [4.69, 9.17) is 4.98 Å². The molecular formula is C20H22N4O. The van der Waals surface area contributed by atoms with Crippen LogP contribution < -0.4 is 4.90 Å². The van der Waals surface area contributed by atoms with Gasteiger partial charge in [-0.25, -0.2) is 0 Å². The molecule has 2 aromatic rings. The van der Waals surface area contributed by atoms with Crippen LogP contribution in [0.2, 0.25) is 0 Å². The molecule has 0 aromatic carbocycles. The summed E-state index contributed by atoms with van der Waals surface area (Å²) >= 11 is 0. The lowest BCUT2D eigenvalue weighted by Gasteiger charge is -2.41. The molecule has 1 aliphatic carbocycles. The summed E-state index contributed by atoms with van der Waals surface area (Å²) in [5, 5.41) is 0. The Morgan fingerprint density at radius 1 is 1.16 bits per heavy atom. The van der Waals surface area contributed by atoms with E-state index in [0.29, 0.717) is 18.9 Å². The molecule has 1 amide bonds. The first kappa shape index (κ1) is 14.9. The van der Waals surface area contributed by atoms with Crippen molar-refractivity contribution in [2.75, 3.05) is 18.0 Å². The van der Waals surface area contributed by atoms with Gasteiger partial charge < -0.3 is 9.80 Å². The predicted octanol–water partition coefficient (Wildman–Crippen LogP) is 2.33. The minimum atomic E-state index is 0.272. The highest BCUT2D eigenvalue weighted by molar-refractivity contribution is 5.77. The summed E-state index contributed by atoms with van der Waals surface area (Å²) in [6.07, 6.45) is 7.80. The van der Waals surface area contributed by atoms with Crippen LogP contribution in [0.3, 0.4) is 0 Å². The van der Waals surface area contributed by atoms with Gasteiger partial charge in [-0.2, -0.15) is 0 Å². The molecule has 5 rings (SSSR count). The highest BCUT2D eigenvalue weighted by Gasteiger charge is 2.33. The van der Waals surface area contributed by atoms with Gasteiger partial charge in [-0.1, -0.05) is 6.07 Å². The van der Waals surface area contributed by atoms with Crippen molar-refractivity contribution in [3.05, 3.63) is 53.1 Å². The highest BCUT2D eigenvalue weighted by atomic mass is 16.2. The first-order valence-electron chi connectivity index (χ1n) is 9.19. The van der Waals surface area contributed by atoms with E-state index in [9.17, 15) is 4.79 Å². The lowest BCUT2D eigenvalue weighted by Crippen LogP contribution is -2.48. The average Bonchev–Trinajstić information content (AvgIpc) is 3.21. The van der Waals surface area contributed by atoms with Crippen LogP contribution >= 0.6 is 0 Å². The topological polar surface area (TPSA) is 49.3 Å². The van der Waals surface area contributed by atoms with E-state index in [1.807, 2.05) is 17.2 Å². The number of nitrogens with zero attached hydrogens (tertiary/aromatic N) is 4. The van der Waals surface area contributed by atoms with Crippen molar-refractivity contribution < 1.29 is 4.79 Å². The van der Waals surface area contributed by atoms with Crippen LogP contribution in [0.25, 0.3) is 0 Å². The van der Waals surface area contributed by atoms with Crippen molar-refractivity contribution in [2.24, 2.45) is 5.92 Å². The van der Waals surface area contributed by atoms with Gasteiger partial charge >= 0.3 is 0 Å². The molecule has 5 heteroatoms. The van der Waals surface area contributed by atoms with Crippen molar-refractivity contribution in [2.45, 2.75) is 38.8 Å². The molecule has 3 aliphatic rings. The number of pyridine rings is 2. The Balaban J connectivity index is 1.18. The van der Waals surface area contributed by atoms with Gasteiger partial charge in [0.25, 0.3) is 0 Å². The third-order valence-corrected chi connectivity index (χ3v) is 5.71. The molecule has 5 nitrogen and oxygen atoms in total. The van der Waals surface area contributed by atoms with E-state index >= 15 is 0 Å². The normalized spacial score (nSPS) is 18.9. The van der Waals surface area contributed by atoms with Gasteiger partial charge in [0.15, 0.2) is 0 Å². The first-order valence-corrected chi connectivity index (χ1v) is 9.19. The van der Waals surface area contributed by atoms with Crippen LogP contribution in [0.5, 0.6) is 0 Å². The summed E-state index contributed by atoms with van der Waals surface area (Å²) in [5.41, 5.74) is 6.20. The van der Waals surface area contributed by atoms with Gasteiger partial charge in [-0.15, -0.1) is 0 Å². The van der Waals surface area contributed by atoms with E-state index in [0.717, 1.165) is 43.9 Å². The third kappa shape index (κ3) is 2.68. The maximum atomic E-state index is 12.7. The number of amides is 1. The molecule has 1 fully saturated rings. The molecule has 2 aromatic heterocycles. The fourth-order valence-corrected chi connectivity index (χ4v) is 4.28. The summed E-state index contributed by atoms with van der Waals surface area (Å²) in [6.45, 7) is 3.34. The maximum absolute atomic E-state index is 12.7. The lowest BCUT2D eigenvalue weighted by atomic mass is 9.95. The Morgan fingerprint density at radius 2 is 2.08 bits per heavy atom. The fraction of sp³-hybridized carbons (Fsp3) is 0.450. The molecular weight excluding hydrogens is 312 g/mol. The summed E-state index contributed by atoms with van der Waals surface area (Å²) in [4.78, 5) is 25.9. The number of aryl methyl sites for hydroxylation is 2. The summed E-state index contributed by atoms with van der Waals surface area (Å²) in [7, 11) is 0. The standard InChI is InChI=1S/C20H22N4O/c25-20(7-14-10-23(11-14)17-4-2-6-21-9-17)24-12-16-8-15-3-1-5-18(15)22-19(16)13-24/h2,4,6,8-9,14H,1,3,5,7,10-13H2. The molecule has 0 saturated carbocycles. The van der Waals surface area contributed by atoms with Crippen molar-refractivity contribution >= 4 is 11.6 Å². The average molecular weight is 334 g/mol. The van der Waals surface area contributed by atoms with E-state index in [2.05, 4.69) is 22.0 Å². The fourth-order valence-electron chi connectivity index (χ4n) is 4.28. The van der Waals surface area contributed by atoms with Crippen LogP contribution in [-0.2, 0) is 30.7 Å². The maximum Gasteiger partial charge on any atom is 0.223 e. The number of carbonyl (C=O) groups excluding carboxylic acids is 1. The Hall–Kier alpha value is -2.43. The number of rotatable bonds is 3. The second-order valence-electron chi connectivity index (χ2n) is 7.49. The summed E-state index contributed by atoms with van der Waals surface area (Å²) in [5.74, 6) is 0.725. The van der Waals surface area contributed by atoms with Crippen LogP contribution in [0, 0.1) is 5.92 Å². The molecule has 1 saturated heterocycles. The molecule has 25 heavy (non-hydrogen) atoms. The zero-order valence-corrected chi connectivity index (χ0v) is 14.3. The quantitative estimate of drug-likeness (QED) is 0.864. The van der Waals surface area contributed by atoms with Gasteiger partial charge in [0.05, 0.1) is 24.1 Å². The minimum absolute atomic E-state index is 0.272. The van der Waals surface area contributed by atoms with Crippen molar-refractivity contribution in [1.29, 1.82) is 0 Å². The minimum Gasteiger partial charge on any atom is -0.370 e. The molecule has 0 radical (unpaired) electrons. The van der Waals surface area contributed by atoms with Crippen LogP contribution in [-0.4, -0.2) is 33.9 Å². The van der Waals surface area contributed by atoms with Crippen molar-refractivity contribution in [1.82, 2.24) is 14.9 Å². The second kappa shape index (κ2) is 5.83. The van der Waals surface area contributed by atoms with Crippen LogP contribution in [0.1, 0.15) is 35.4 Å². The van der Waals surface area contributed by atoms with Crippen molar-refractivity contribution in [3.8, 4) is 0 Å². The summed E-state index contributed by atoms with van der Waals surface area (Å²) in [6, 6.07) is 6.33. The number of fused-ring (bicyclic) bond motifs is 2. The van der Waals surface area contributed by atoms with Gasteiger partial charge in [0.1, 0.15) is 0 Å². The predicted molar refractivity (Wildman–Crippen MR) is 95.1 cm³/mol. The largest absolute Gasteiger partial charge is 0.370 e. The molecule has 0 bridgehead atoms. The Morgan fingerprint density at radius 3 is 2.92 bits per heavy atom. The smallest absolute Gasteiger partial charge is 0.223 e. The zero-order chi connectivity index (χ0) is 16.8. The monoisotopic (exact) mass is 334 g/mol. The first-order chi connectivity index (χ1) is 12.3. The second-order valence-corrected chi connectivity index (χ2v) is 7.49. The molecule has 0 unspecified atom stereocenters. The van der Waals surface area contributed by atoms with E-state index in [1.165, 1.54) is 23.2 Å². The molecule has 4 heterocycles. The number of hydrogen-bond donors (Lipinski definition) is 0. The van der Waals surface area contributed by atoms with Gasteiger partial charge in [0.2, 0.25) is 5.91 Å². The molecule has 2 aliphatic heterocycles. The van der Waals surface area contributed by atoms with Crippen molar-refractivity contribution in [3.63, 3.8) is 0 Å². The van der Waals surface area contributed by atoms with Crippen LogP contribution in [0.4, 0.5) is 5.69 Å². The lowest BCUT2D eigenvalue weighted by molar-refractivity contribution is -0.133. The van der Waals surface area contributed by atoms with E-state index in [1.54, 1.807) is 6.20 Å². The van der Waals surface area contributed by atoms with E-state index in [-0.39, 0.29) is 5.91 Å². The van der Waals surface area contributed by atoms with Gasteiger partial charge in [-0.05, 0) is 42.5 Å². The molecule has 128 valence electrons. The molecule has 0 N–H and O–H groups in total. The summed E-state index contributed by atoms with van der Waals surface area (Å²) < 4.78 is 0. The van der Waals surface area contributed by atoms with Gasteiger partial charge in [0, 0.05) is 43.9 Å². The zero-order valence-electron chi connectivity index (χ0n) is 14.3. The Kier molecular flexibility index (Phi) is 3.47. The number of carbonyl (C=O) groups is 1. The number of anilines is 1.